The molecule has 1 fully saturated rings. The van der Waals surface area contributed by atoms with Gasteiger partial charge in [-0.25, -0.2) is 0 Å². The topological polar surface area (TPSA) is 49.3 Å². The molecule has 0 aliphatic heterocycles. The van der Waals surface area contributed by atoms with Crippen molar-refractivity contribution in [1.82, 2.24) is 5.32 Å². The summed E-state index contributed by atoms with van der Waals surface area (Å²) in [6.07, 6.45) is 2.17. The van der Waals surface area contributed by atoms with Gasteiger partial charge in [0.15, 0.2) is 0 Å². The molecular weight excluding hydrogens is 306 g/mol. The molecule has 0 heterocycles. The molecule has 1 aromatic carbocycles. The summed E-state index contributed by atoms with van der Waals surface area (Å²) in [4.78, 5) is 11.9. The van der Waals surface area contributed by atoms with Crippen molar-refractivity contribution in [2.75, 3.05) is 6.54 Å². The van der Waals surface area contributed by atoms with Crippen LogP contribution in [-0.2, 0) is 4.79 Å². The first kappa shape index (κ1) is 14.5. The van der Waals surface area contributed by atoms with E-state index in [4.69, 9.17) is 0 Å². The van der Waals surface area contributed by atoms with Gasteiger partial charge in [0.2, 0.25) is 5.91 Å². The Morgan fingerprint density at radius 3 is 2.79 bits per heavy atom. The highest BCUT2D eigenvalue weighted by molar-refractivity contribution is 9.10. The average molecular weight is 326 g/mol. The van der Waals surface area contributed by atoms with Crippen LogP contribution in [0.1, 0.15) is 37.7 Å². The minimum atomic E-state index is -0.418. The highest BCUT2D eigenvalue weighted by Crippen LogP contribution is 2.47. The summed E-state index contributed by atoms with van der Waals surface area (Å²) >= 11 is 3.41. The Bertz CT molecular complexity index is 432. The second kappa shape index (κ2) is 6.53. The van der Waals surface area contributed by atoms with Crippen LogP contribution in [0, 0.1) is 5.92 Å². The van der Waals surface area contributed by atoms with Crippen LogP contribution in [0.5, 0.6) is 0 Å². The normalized spacial score (nSPS) is 22.9. The Kier molecular flexibility index (Phi) is 4.99. The third kappa shape index (κ3) is 4.05. The van der Waals surface area contributed by atoms with Crippen LogP contribution < -0.4 is 5.32 Å². The van der Waals surface area contributed by atoms with E-state index in [1.54, 1.807) is 0 Å². The number of nitrogens with one attached hydrogen (secondary N) is 1. The van der Waals surface area contributed by atoms with Crippen molar-refractivity contribution >= 4 is 21.8 Å². The number of carbonyl (C=O) groups is 1. The van der Waals surface area contributed by atoms with E-state index in [0.29, 0.717) is 12.5 Å². The summed E-state index contributed by atoms with van der Waals surface area (Å²) in [5.74, 6) is 0.495. The number of hydrogen-bond donors (Lipinski definition) is 2. The molecule has 104 valence electrons. The van der Waals surface area contributed by atoms with Gasteiger partial charge in [-0.3, -0.25) is 4.79 Å². The molecule has 1 aromatic rings. The number of amides is 1. The first-order valence-electron chi connectivity index (χ1n) is 6.83. The van der Waals surface area contributed by atoms with Gasteiger partial charge in [0.05, 0.1) is 6.10 Å². The Labute approximate surface area is 122 Å². The molecule has 1 amide bonds. The molecule has 4 heteroatoms. The predicted molar refractivity (Wildman–Crippen MR) is 78.9 cm³/mol. The van der Waals surface area contributed by atoms with Gasteiger partial charge in [0.25, 0.3) is 0 Å². The minimum Gasteiger partial charge on any atom is -0.391 e. The summed E-state index contributed by atoms with van der Waals surface area (Å²) in [6.45, 7) is 2.39. The number of carbonyl (C=O) groups excluding carboxylic acids is 1. The summed E-state index contributed by atoms with van der Waals surface area (Å²) in [5, 5.41) is 12.4. The fourth-order valence-corrected chi connectivity index (χ4v) is 2.61. The lowest BCUT2D eigenvalue weighted by atomic mass is 10.1. The third-order valence-corrected chi connectivity index (χ3v) is 4.09. The first-order chi connectivity index (χ1) is 9.11. The molecule has 1 aliphatic rings. The summed E-state index contributed by atoms with van der Waals surface area (Å²) < 4.78 is 1.06. The molecule has 3 nitrogen and oxygen atoms in total. The van der Waals surface area contributed by atoms with E-state index in [-0.39, 0.29) is 11.8 Å². The monoisotopic (exact) mass is 325 g/mol. The van der Waals surface area contributed by atoms with E-state index in [0.717, 1.165) is 23.7 Å². The van der Waals surface area contributed by atoms with E-state index in [2.05, 4.69) is 33.4 Å². The number of halogens is 1. The van der Waals surface area contributed by atoms with Crippen LogP contribution in [-0.4, -0.2) is 23.7 Å². The minimum absolute atomic E-state index is 0.0723. The van der Waals surface area contributed by atoms with Gasteiger partial charge in [0.1, 0.15) is 0 Å². The van der Waals surface area contributed by atoms with Crippen molar-refractivity contribution in [2.45, 2.75) is 38.2 Å². The zero-order valence-electron chi connectivity index (χ0n) is 11.1. The fourth-order valence-electron chi connectivity index (χ4n) is 2.35. The smallest absolute Gasteiger partial charge is 0.223 e. The highest BCUT2D eigenvalue weighted by atomic mass is 79.9. The maximum Gasteiger partial charge on any atom is 0.223 e. The van der Waals surface area contributed by atoms with Gasteiger partial charge >= 0.3 is 0 Å². The number of aliphatic hydroxyl groups is 1. The molecule has 0 aromatic heterocycles. The van der Waals surface area contributed by atoms with E-state index in [9.17, 15) is 9.90 Å². The first-order valence-corrected chi connectivity index (χ1v) is 7.62. The number of rotatable bonds is 6. The van der Waals surface area contributed by atoms with Gasteiger partial charge in [-0.15, -0.1) is 0 Å². The van der Waals surface area contributed by atoms with Gasteiger partial charge in [-0.05, 0) is 36.5 Å². The molecule has 2 N–H and O–H groups in total. The van der Waals surface area contributed by atoms with E-state index in [1.807, 2.05) is 19.1 Å². The zero-order valence-corrected chi connectivity index (χ0v) is 12.7. The van der Waals surface area contributed by atoms with E-state index >= 15 is 0 Å². The maximum absolute atomic E-state index is 11.9. The fraction of sp³-hybridized carbons (Fsp3) is 0.533. The Morgan fingerprint density at radius 2 is 2.16 bits per heavy atom. The Morgan fingerprint density at radius 1 is 1.47 bits per heavy atom. The standard InChI is InChI=1S/C15H20BrNO2/c1-2-3-12(18)9-17-15(19)14-8-13(14)10-4-6-11(16)7-5-10/h4-7,12-14,18H,2-3,8-9H2,1H3,(H,17,19). The Hall–Kier alpha value is -0.870. The lowest BCUT2D eigenvalue weighted by molar-refractivity contribution is -0.122. The zero-order chi connectivity index (χ0) is 13.8. The summed E-state index contributed by atoms with van der Waals surface area (Å²) in [5.41, 5.74) is 1.22. The second-order valence-corrected chi connectivity index (χ2v) is 6.10. The molecule has 1 aliphatic carbocycles. The van der Waals surface area contributed by atoms with Crippen molar-refractivity contribution < 1.29 is 9.90 Å². The van der Waals surface area contributed by atoms with Gasteiger partial charge in [-0.1, -0.05) is 41.4 Å². The number of benzene rings is 1. The van der Waals surface area contributed by atoms with Crippen molar-refractivity contribution in [3.63, 3.8) is 0 Å². The van der Waals surface area contributed by atoms with E-state index in [1.165, 1.54) is 5.56 Å². The van der Waals surface area contributed by atoms with Gasteiger partial charge in [-0.2, -0.15) is 0 Å². The van der Waals surface area contributed by atoms with E-state index < -0.39 is 6.10 Å². The van der Waals surface area contributed by atoms with Crippen molar-refractivity contribution in [3.8, 4) is 0 Å². The highest BCUT2D eigenvalue weighted by Gasteiger charge is 2.43. The van der Waals surface area contributed by atoms with Crippen LogP contribution >= 0.6 is 15.9 Å². The second-order valence-electron chi connectivity index (χ2n) is 5.19. The third-order valence-electron chi connectivity index (χ3n) is 3.56. The summed E-state index contributed by atoms with van der Waals surface area (Å²) in [7, 11) is 0. The number of aliphatic hydroxyl groups excluding tert-OH is 1. The number of hydrogen-bond acceptors (Lipinski definition) is 2. The van der Waals surface area contributed by atoms with Crippen LogP contribution in [0.2, 0.25) is 0 Å². The SMILES string of the molecule is CCCC(O)CNC(=O)C1CC1c1ccc(Br)cc1. The van der Waals surface area contributed by atoms with Crippen LogP contribution in [0.15, 0.2) is 28.7 Å². The van der Waals surface area contributed by atoms with Crippen LogP contribution in [0.3, 0.4) is 0 Å². The van der Waals surface area contributed by atoms with Gasteiger partial charge in [0, 0.05) is 16.9 Å². The van der Waals surface area contributed by atoms with Crippen LogP contribution in [0.4, 0.5) is 0 Å². The Balaban J connectivity index is 1.79. The molecule has 0 radical (unpaired) electrons. The molecule has 1 saturated carbocycles. The summed E-state index contributed by atoms with van der Waals surface area (Å²) in [6, 6.07) is 8.14. The van der Waals surface area contributed by atoms with Crippen molar-refractivity contribution in [1.29, 1.82) is 0 Å². The van der Waals surface area contributed by atoms with Crippen LogP contribution in [0.25, 0.3) is 0 Å². The molecule has 0 spiro atoms. The lowest BCUT2D eigenvalue weighted by Crippen LogP contribution is -2.33. The molecule has 0 saturated heterocycles. The lowest BCUT2D eigenvalue weighted by Gasteiger charge is -2.10. The molecule has 3 unspecified atom stereocenters. The molecular formula is C15H20BrNO2. The quantitative estimate of drug-likeness (QED) is 0.844. The molecule has 2 rings (SSSR count). The molecule has 3 atom stereocenters. The molecule has 19 heavy (non-hydrogen) atoms. The van der Waals surface area contributed by atoms with Gasteiger partial charge < -0.3 is 10.4 Å². The average Bonchev–Trinajstić information content (AvgIpc) is 3.17. The van der Waals surface area contributed by atoms with Crippen molar-refractivity contribution in [3.05, 3.63) is 34.3 Å². The predicted octanol–water partition coefficient (Wildman–Crippen LogP) is 2.83. The van der Waals surface area contributed by atoms with Crippen molar-refractivity contribution in [2.24, 2.45) is 5.92 Å². The largest absolute Gasteiger partial charge is 0.391 e. The maximum atomic E-state index is 11.9. The molecule has 0 bridgehead atoms.